The summed E-state index contributed by atoms with van der Waals surface area (Å²) in [6.45, 7) is 6.14. The molecule has 0 spiro atoms. The van der Waals surface area contributed by atoms with E-state index in [1.54, 1.807) is 22.6 Å². The number of sulfonamides is 1. The summed E-state index contributed by atoms with van der Waals surface area (Å²) in [7, 11) is -3.56. The number of imidazole rings is 1. The van der Waals surface area contributed by atoms with E-state index in [1.165, 1.54) is 12.1 Å². The second kappa shape index (κ2) is 8.17. The summed E-state index contributed by atoms with van der Waals surface area (Å²) in [5.41, 5.74) is 2.22. The zero-order valence-corrected chi connectivity index (χ0v) is 18.0. The van der Waals surface area contributed by atoms with Gasteiger partial charge in [-0.15, -0.1) is 0 Å². The highest BCUT2D eigenvalue weighted by atomic mass is 32.2. The van der Waals surface area contributed by atoms with Gasteiger partial charge in [-0.2, -0.15) is 9.57 Å². The van der Waals surface area contributed by atoms with Crippen molar-refractivity contribution in [1.82, 2.24) is 18.8 Å². The molecule has 0 aliphatic carbocycles. The molecule has 30 heavy (non-hydrogen) atoms. The van der Waals surface area contributed by atoms with E-state index in [2.05, 4.69) is 23.4 Å². The van der Waals surface area contributed by atoms with Crippen molar-refractivity contribution in [2.75, 3.05) is 13.1 Å². The van der Waals surface area contributed by atoms with Crippen LogP contribution < -0.4 is 0 Å². The molecule has 0 N–H and O–H groups in total. The molecule has 8 heteroatoms. The molecule has 3 heterocycles. The third kappa shape index (κ3) is 3.95. The van der Waals surface area contributed by atoms with Gasteiger partial charge in [0.15, 0.2) is 5.65 Å². The Bertz CT molecular complexity index is 1190. The summed E-state index contributed by atoms with van der Waals surface area (Å²) in [6, 6.07) is 12.0. The number of hydrogen-bond donors (Lipinski definition) is 0. The molecule has 2 aromatic heterocycles. The number of aromatic nitrogens is 3. The normalized spacial score (nSPS) is 17.6. The quantitative estimate of drug-likeness (QED) is 0.607. The third-order valence-corrected chi connectivity index (χ3v) is 7.35. The fraction of sp³-hybridized carbons (Fsp3) is 0.409. The van der Waals surface area contributed by atoms with Gasteiger partial charge in [0.1, 0.15) is 11.3 Å². The van der Waals surface area contributed by atoms with Crippen LogP contribution >= 0.6 is 0 Å². The van der Waals surface area contributed by atoms with Gasteiger partial charge in [0.25, 0.3) is 0 Å². The predicted octanol–water partition coefficient (Wildman–Crippen LogP) is 3.21. The standard InChI is InChI=1S/C22H25N5O2S/c1-16(2)14-27-21(25-20-4-3-10-24-22(20)27)12-18-9-11-26(15-18)30(28,29)19-7-5-17(13-23)6-8-19/h3-8,10,16,18H,9,11-12,14-15H2,1-2H3. The van der Waals surface area contributed by atoms with Crippen LogP contribution in [-0.4, -0.2) is 40.3 Å². The van der Waals surface area contributed by atoms with Gasteiger partial charge in [0, 0.05) is 32.3 Å². The fourth-order valence-electron chi connectivity index (χ4n) is 4.01. The van der Waals surface area contributed by atoms with E-state index in [0.29, 0.717) is 24.6 Å². The van der Waals surface area contributed by atoms with Crippen LogP contribution in [0.2, 0.25) is 0 Å². The number of nitrogens with zero attached hydrogens (tertiary/aromatic N) is 5. The Balaban J connectivity index is 1.53. The van der Waals surface area contributed by atoms with Crippen molar-refractivity contribution in [3.8, 4) is 6.07 Å². The summed E-state index contributed by atoms with van der Waals surface area (Å²) in [5.74, 6) is 1.64. The first kappa shape index (κ1) is 20.5. The smallest absolute Gasteiger partial charge is 0.243 e. The maximum atomic E-state index is 13.0. The molecule has 1 fully saturated rings. The van der Waals surface area contributed by atoms with Crippen molar-refractivity contribution in [2.24, 2.45) is 11.8 Å². The Morgan fingerprint density at radius 1 is 1.23 bits per heavy atom. The molecule has 0 bridgehead atoms. The maximum absolute atomic E-state index is 13.0. The monoisotopic (exact) mass is 423 g/mol. The molecule has 1 atom stereocenters. The Morgan fingerprint density at radius 2 is 2.00 bits per heavy atom. The fourth-order valence-corrected chi connectivity index (χ4v) is 5.54. The predicted molar refractivity (Wildman–Crippen MR) is 114 cm³/mol. The number of fused-ring (bicyclic) bond motifs is 1. The molecule has 4 rings (SSSR count). The van der Waals surface area contributed by atoms with Gasteiger partial charge in [0.05, 0.1) is 16.5 Å². The van der Waals surface area contributed by atoms with Crippen LogP contribution in [0.15, 0.2) is 47.5 Å². The average molecular weight is 424 g/mol. The summed E-state index contributed by atoms with van der Waals surface area (Å²) < 4.78 is 29.7. The summed E-state index contributed by atoms with van der Waals surface area (Å²) in [6.07, 6.45) is 3.31. The van der Waals surface area contributed by atoms with Gasteiger partial charge in [-0.25, -0.2) is 18.4 Å². The van der Waals surface area contributed by atoms with E-state index in [4.69, 9.17) is 10.2 Å². The summed E-state index contributed by atoms with van der Waals surface area (Å²) in [4.78, 5) is 9.54. The minimum absolute atomic E-state index is 0.209. The molecule has 0 radical (unpaired) electrons. The second-order valence-corrected chi connectivity index (χ2v) is 10.2. The minimum Gasteiger partial charge on any atom is -0.312 e. The highest BCUT2D eigenvalue weighted by Crippen LogP contribution is 2.28. The molecule has 1 aromatic carbocycles. The molecule has 1 aliphatic heterocycles. The first-order valence-corrected chi connectivity index (χ1v) is 11.6. The first-order chi connectivity index (χ1) is 14.4. The van der Waals surface area contributed by atoms with Gasteiger partial charge < -0.3 is 4.57 Å². The lowest BCUT2D eigenvalue weighted by Crippen LogP contribution is -2.29. The van der Waals surface area contributed by atoms with Crippen LogP contribution in [0.25, 0.3) is 11.2 Å². The van der Waals surface area contributed by atoms with Gasteiger partial charge in [-0.1, -0.05) is 13.8 Å². The lowest BCUT2D eigenvalue weighted by molar-refractivity contribution is 0.444. The Labute approximate surface area is 177 Å². The van der Waals surface area contributed by atoms with Crippen LogP contribution in [0, 0.1) is 23.2 Å². The van der Waals surface area contributed by atoms with Crippen LogP contribution in [0.4, 0.5) is 0 Å². The largest absolute Gasteiger partial charge is 0.312 e. The molecule has 7 nitrogen and oxygen atoms in total. The number of rotatable bonds is 6. The van der Waals surface area contributed by atoms with E-state index in [0.717, 1.165) is 36.4 Å². The van der Waals surface area contributed by atoms with Crippen molar-refractivity contribution < 1.29 is 8.42 Å². The number of hydrogen-bond acceptors (Lipinski definition) is 5. The van der Waals surface area contributed by atoms with Crippen molar-refractivity contribution >= 4 is 21.2 Å². The molecule has 1 saturated heterocycles. The molecule has 0 amide bonds. The summed E-state index contributed by atoms with van der Waals surface area (Å²) in [5, 5.41) is 8.92. The van der Waals surface area contributed by atoms with Crippen molar-refractivity contribution in [1.29, 1.82) is 5.26 Å². The zero-order valence-electron chi connectivity index (χ0n) is 17.2. The van der Waals surface area contributed by atoms with E-state index in [-0.39, 0.29) is 10.8 Å². The molecule has 1 unspecified atom stereocenters. The lowest BCUT2D eigenvalue weighted by atomic mass is 10.0. The van der Waals surface area contributed by atoms with Gasteiger partial charge in [-0.3, -0.25) is 0 Å². The van der Waals surface area contributed by atoms with E-state index in [9.17, 15) is 8.42 Å². The summed E-state index contributed by atoms with van der Waals surface area (Å²) >= 11 is 0. The van der Waals surface area contributed by atoms with Crippen LogP contribution in [0.3, 0.4) is 0 Å². The van der Waals surface area contributed by atoms with Crippen LogP contribution in [0.5, 0.6) is 0 Å². The molecule has 1 aliphatic rings. The topological polar surface area (TPSA) is 91.9 Å². The molecule has 0 saturated carbocycles. The molecular weight excluding hydrogens is 398 g/mol. The van der Waals surface area contributed by atoms with E-state index in [1.807, 2.05) is 18.2 Å². The average Bonchev–Trinajstić information content (AvgIpc) is 3.34. The Kier molecular flexibility index (Phi) is 5.58. The highest BCUT2D eigenvalue weighted by Gasteiger charge is 2.33. The number of pyridine rings is 1. The maximum Gasteiger partial charge on any atom is 0.243 e. The van der Waals surface area contributed by atoms with Gasteiger partial charge in [0.2, 0.25) is 10.0 Å². The Hall–Kier alpha value is -2.76. The van der Waals surface area contributed by atoms with E-state index < -0.39 is 10.0 Å². The van der Waals surface area contributed by atoms with Crippen molar-refractivity contribution in [2.45, 2.75) is 38.1 Å². The Morgan fingerprint density at radius 3 is 2.70 bits per heavy atom. The number of nitriles is 1. The first-order valence-electron chi connectivity index (χ1n) is 10.2. The molecule has 156 valence electrons. The van der Waals surface area contributed by atoms with Crippen LogP contribution in [0.1, 0.15) is 31.7 Å². The zero-order chi connectivity index (χ0) is 21.3. The minimum atomic E-state index is -3.56. The second-order valence-electron chi connectivity index (χ2n) is 8.24. The highest BCUT2D eigenvalue weighted by molar-refractivity contribution is 7.89. The van der Waals surface area contributed by atoms with Crippen LogP contribution in [-0.2, 0) is 23.0 Å². The van der Waals surface area contributed by atoms with Crippen molar-refractivity contribution in [3.05, 3.63) is 54.0 Å². The molecular formula is C22H25N5O2S. The molecule has 3 aromatic rings. The van der Waals surface area contributed by atoms with Gasteiger partial charge in [-0.05, 0) is 54.7 Å². The lowest BCUT2D eigenvalue weighted by Gasteiger charge is -2.17. The number of benzene rings is 1. The third-order valence-electron chi connectivity index (χ3n) is 5.47. The van der Waals surface area contributed by atoms with Gasteiger partial charge >= 0.3 is 0 Å². The van der Waals surface area contributed by atoms with Crippen molar-refractivity contribution in [3.63, 3.8) is 0 Å². The van der Waals surface area contributed by atoms with E-state index >= 15 is 0 Å². The SMILES string of the molecule is CC(C)Cn1c(CC2CCN(S(=O)(=O)c3ccc(C#N)cc3)C2)nc2cccnc21.